The van der Waals surface area contributed by atoms with Gasteiger partial charge in [-0.2, -0.15) is 0 Å². The van der Waals surface area contributed by atoms with E-state index in [1.54, 1.807) is 0 Å². The van der Waals surface area contributed by atoms with Gasteiger partial charge in [-0.1, -0.05) is 34.1 Å². The van der Waals surface area contributed by atoms with E-state index in [2.05, 4.69) is 21.2 Å². The highest BCUT2D eigenvalue weighted by molar-refractivity contribution is 9.10. The number of piperidine rings is 1. The molecule has 2 saturated heterocycles. The first kappa shape index (κ1) is 22.3. The number of fused-ring (bicyclic) bond motifs is 4. The Balaban J connectivity index is 1.21. The summed E-state index contributed by atoms with van der Waals surface area (Å²) in [5.74, 6) is -0.373. The predicted molar refractivity (Wildman–Crippen MR) is 139 cm³/mol. The lowest BCUT2D eigenvalue weighted by atomic mass is 9.86. The van der Waals surface area contributed by atoms with Gasteiger partial charge >= 0.3 is 0 Å². The first-order chi connectivity index (χ1) is 17.0. The van der Waals surface area contributed by atoms with E-state index in [0.717, 1.165) is 44.1 Å². The number of para-hydroxylation sites is 1. The van der Waals surface area contributed by atoms with Crippen LogP contribution in [0, 0.1) is 12.8 Å². The minimum Gasteiger partial charge on any atom is -0.456 e. The van der Waals surface area contributed by atoms with Crippen LogP contribution in [-0.2, 0) is 9.53 Å². The van der Waals surface area contributed by atoms with Crippen LogP contribution in [0.2, 0.25) is 0 Å². The second-order valence-corrected chi connectivity index (χ2v) is 10.3. The molecule has 6 rings (SSSR count). The second-order valence-electron chi connectivity index (χ2n) is 9.34. The van der Waals surface area contributed by atoms with Crippen molar-refractivity contribution in [1.82, 2.24) is 4.90 Å². The van der Waals surface area contributed by atoms with Gasteiger partial charge in [-0.25, -0.2) is 0 Å². The molecule has 6 nitrogen and oxygen atoms in total. The maximum Gasteiger partial charge on any atom is 0.254 e. The Morgan fingerprint density at radius 3 is 2.69 bits per heavy atom. The fraction of sp³-hybridized carbons (Fsp3) is 0.286. The summed E-state index contributed by atoms with van der Waals surface area (Å²) in [6, 6.07) is 19.2. The summed E-state index contributed by atoms with van der Waals surface area (Å²) < 4.78 is 12.9. The molecule has 2 aliphatic rings. The largest absolute Gasteiger partial charge is 0.456 e. The molecule has 1 aromatic heterocycles. The fourth-order valence-electron chi connectivity index (χ4n) is 5.52. The SMILES string of the molecule is Cc1cc(Br)ccc1C(=O)N1CC[C@@H](C(=O)Nc2ccc3oc4ccccc4c3c2)[C@H]2OCC[C@H]21. The van der Waals surface area contributed by atoms with Gasteiger partial charge in [-0.15, -0.1) is 0 Å². The fourth-order valence-corrected chi connectivity index (χ4v) is 5.99. The minimum absolute atomic E-state index is 0.00615. The average molecular weight is 533 g/mol. The number of hydrogen-bond donors (Lipinski definition) is 1. The molecule has 2 fully saturated rings. The zero-order valence-corrected chi connectivity index (χ0v) is 20.9. The third-order valence-electron chi connectivity index (χ3n) is 7.24. The first-order valence-electron chi connectivity index (χ1n) is 11.9. The molecule has 3 aromatic carbocycles. The lowest BCUT2D eigenvalue weighted by molar-refractivity contribution is -0.127. The van der Waals surface area contributed by atoms with Gasteiger partial charge in [0.25, 0.3) is 5.91 Å². The van der Waals surface area contributed by atoms with E-state index in [1.807, 2.05) is 72.5 Å². The average Bonchev–Trinajstić information content (AvgIpc) is 3.48. The van der Waals surface area contributed by atoms with Gasteiger partial charge in [0.2, 0.25) is 5.91 Å². The van der Waals surface area contributed by atoms with Crippen LogP contribution in [-0.4, -0.2) is 42.0 Å². The molecular weight excluding hydrogens is 508 g/mol. The van der Waals surface area contributed by atoms with Gasteiger partial charge in [0.15, 0.2) is 0 Å². The molecule has 0 aliphatic carbocycles. The Morgan fingerprint density at radius 2 is 1.83 bits per heavy atom. The smallest absolute Gasteiger partial charge is 0.254 e. The summed E-state index contributed by atoms with van der Waals surface area (Å²) >= 11 is 3.47. The lowest BCUT2D eigenvalue weighted by Gasteiger charge is -2.40. The predicted octanol–water partition coefficient (Wildman–Crippen LogP) is 5.92. The number of carbonyl (C=O) groups is 2. The molecule has 0 bridgehead atoms. The third-order valence-corrected chi connectivity index (χ3v) is 7.74. The van der Waals surface area contributed by atoms with Crippen LogP contribution in [0.5, 0.6) is 0 Å². The van der Waals surface area contributed by atoms with Crippen molar-refractivity contribution < 1.29 is 18.7 Å². The number of carbonyl (C=O) groups excluding carboxylic acids is 2. The van der Waals surface area contributed by atoms with Crippen molar-refractivity contribution in [3.63, 3.8) is 0 Å². The Kier molecular flexibility index (Phi) is 5.61. The number of hydrogen-bond acceptors (Lipinski definition) is 4. The number of nitrogens with one attached hydrogen (secondary N) is 1. The van der Waals surface area contributed by atoms with E-state index in [4.69, 9.17) is 9.15 Å². The summed E-state index contributed by atoms with van der Waals surface area (Å²) in [6.45, 7) is 3.03. The first-order valence-corrected chi connectivity index (χ1v) is 12.7. The van der Waals surface area contributed by atoms with E-state index in [-0.39, 0.29) is 29.9 Å². The van der Waals surface area contributed by atoms with Crippen molar-refractivity contribution in [2.24, 2.45) is 5.92 Å². The standard InChI is InChI=1S/C28H25BrN2O4/c1-16-14-17(29)6-8-19(16)28(33)31-12-10-21(26-23(31)11-13-34-26)27(32)30-18-7-9-25-22(15-18)20-4-2-3-5-24(20)35-25/h2-9,14-15,21,23,26H,10-13H2,1H3,(H,30,32)/t21-,23-,26-/m1/s1. The third kappa shape index (κ3) is 3.93. The molecule has 0 spiro atoms. The van der Waals surface area contributed by atoms with E-state index in [1.165, 1.54) is 0 Å². The highest BCUT2D eigenvalue weighted by Crippen LogP contribution is 2.36. The molecule has 2 aliphatic heterocycles. The number of ether oxygens (including phenoxy) is 1. The van der Waals surface area contributed by atoms with Gasteiger partial charge in [0.05, 0.1) is 18.1 Å². The van der Waals surface area contributed by atoms with Crippen LogP contribution in [0.25, 0.3) is 21.9 Å². The van der Waals surface area contributed by atoms with Gasteiger partial charge in [-0.3, -0.25) is 9.59 Å². The second kappa shape index (κ2) is 8.81. The van der Waals surface area contributed by atoms with Gasteiger partial charge in [0, 0.05) is 39.6 Å². The molecule has 0 radical (unpaired) electrons. The molecule has 178 valence electrons. The summed E-state index contributed by atoms with van der Waals surface area (Å²) in [5.41, 5.74) is 3.97. The Hall–Kier alpha value is -3.16. The summed E-state index contributed by atoms with van der Waals surface area (Å²) in [4.78, 5) is 28.7. The molecule has 35 heavy (non-hydrogen) atoms. The van der Waals surface area contributed by atoms with Crippen molar-refractivity contribution in [1.29, 1.82) is 0 Å². The van der Waals surface area contributed by atoms with Crippen LogP contribution in [0.4, 0.5) is 5.69 Å². The topological polar surface area (TPSA) is 71.8 Å². The van der Waals surface area contributed by atoms with Crippen LogP contribution in [0.1, 0.15) is 28.8 Å². The monoisotopic (exact) mass is 532 g/mol. The normalized spacial score (nSPS) is 21.9. The van der Waals surface area contributed by atoms with Gasteiger partial charge in [0.1, 0.15) is 11.2 Å². The number of aryl methyl sites for hydroxylation is 1. The molecule has 0 saturated carbocycles. The minimum atomic E-state index is -0.311. The summed E-state index contributed by atoms with van der Waals surface area (Å²) in [5, 5.41) is 5.08. The molecule has 3 heterocycles. The lowest BCUT2D eigenvalue weighted by Crippen LogP contribution is -2.55. The van der Waals surface area contributed by atoms with E-state index in [0.29, 0.717) is 25.1 Å². The maximum atomic E-state index is 13.4. The number of halogens is 1. The Labute approximate surface area is 211 Å². The number of anilines is 1. The van der Waals surface area contributed by atoms with Crippen LogP contribution in [0.15, 0.2) is 69.6 Å². The zero-order valence-electron chi connectivity index (χ0n) is 19.3. The number of rotatable bonds is 3. The van der Waals surface area contributed by atoms with Crippen LogP contribution in [0.3, 0.4) is 0 Å². The van der Waals surface area contributed by atoms with Crippen molar-refractivity contribution >= 4 is 55.4 Å². The molecule has 3 atom stereocenters. The Bertz CT molecular complexity index is 1460. The quantitative estimate of drug-likeness (QED) is 0.355. The summed E-state index contributed by atoms with van der Waals surface area (Å²) in [7, 11) is 0. The molecule has 1 N–H and O–H groups in total. The van der Waals surface area contributed by atoms with E-state index in [9.17, 15) is 9.59 Å². The van der Waals surface area contributed by atoms with Crippen LogP contribution < -0.4 is 5.32 Å². The van der Waals surface area contributed by atoms with Gasteiger partial charge < -0.3 is 19.4 Å². The van der Waals surface area contributed by atoms with Crippen molar-refractivity contribution in [3.8, 4) is 0 Å². The number of amides is 2. The van der Waals surface area contributed by atoms with Crippen LogP contribution >= 0.6 is 15.9 Å². The highest BCUT2D eigenvalue weighted by atomic mass is 79.9. The number of likely N-dealkylation sites (tertiary alicyclic amines) is 1. The molecule has 7 heteroatoms. The number of nitrogens with zero attached hydrogens (tertiary/aromatic N) is 1. The van der Waals surface area contributed by atoms with Crippen molar-refractivity contribution in [2.45, 2.75) is 31.9 Å². The van der Waals surface area contributed by atoms with Crippen molar-refractivity contribution in [2.75, 3.05) is 18.5 Å². The number of furan rings is 1. The van der Waals surface area contributed by atoms with E-state index >= 15 is 0 Å². The van der Waals surface area contributed by atoms with Gasteiger partial charge in [-0.05, 0) is 67.8 Å². The molecular formula is C28H25BrN2O4. The molecule has 4 aromatic rings. The summed E-state index contributed by atoms with van der Waals surface area (Å²) in [6.07, 6.45) is 0.996. The van der Waals surface area contributed by atoms with E-state index < -0.39 is 0 Å². The maximum absolute atomic E-state index is 13.4. The molecule has 0 unspecified atom stereocenters. The zero-order chi connectivity index (χ0) is 24.1. The Morgan fingerprint density at radius 1 is 1.00 bits per heavy atom. The number of benzene rings is 3. The van der Waals surface area contributed by atoms with Crippen molar-refractivity contribution in [3.05, 3.63) is 76.3 Å². The molecule has 2 amide bonds. The highest BCUT2D eigenvalue weighted by Gasteiger charge is 2.47.